The first-order chi connectivity index (χ1) is 8.09. The predicted octanol–water partition coefficient (Wildman–Crippen LogP) is 1.89. The van der Waals surface area contributed by atoms with Gasteiger partial charge in [0.25, 0.3) is 5.91 Å². The molecule has 1 unspecified atom stereocenters. The van der Waals surface area contributed by atoms with Crippen molar-refractivity contribution in [1.82, 2.24) is 9.88 Å². The zero-order valence-corrected chi connectivity index (χ0v) is 11.1. The molecule has 17 heavy (non-hydrogen) atoms. The second-order valence-corrected chi connectivity index (χ2v) is 5.57. The Balaban J connectivity index is 2.21. The van der Waals surface area contributed by atoms with E-state index < -0.39 is 0 Å². The first-order valence-electron chi connectivity index (χ1n) is 5.39. The number of carbonyl (C=O) groups is 1. The summed E-state index contributed by atoms with van der Waals surface area (Å²) >= 11 is 7.74. The lowest BCUT2D eigenvalue weighted by atomic mass is 10.2. The van der Waals surface area contributed by atoms with Crippen LogP contribution in [0.25, 0.3) is 0 Å². The summed E-state index contributed by atoms with van der Waals surface area (Å²) in [7, 11) is 0. The van der Waals surface area contributed by atoms with E-state index in [1.165, 1.54) is 6.20 Å². The molecular weight excluding hydrogens is 258 g/mol. The average molecular weight is 272 g/mol. The molecule has 1 aromatic heterocycles. The van der Waals surface area contributed by atoms with Gasteiger partial charge in [-0.1, -0.05) is 11.6 Å². The molecule has 1 aliphatic rings. The standard InChI is InChI=1S/C11H14ClN3OS/c1-7-6-17-3-2-15(7)11(16)8-4-9(12)10(13)14-5-8/h4-5,7H,2-3,6H2,1H3,(H2,13,14). The van der Waals surface area contributed by atoms with Gasteiger partial charge in [-0.2, -0.15) is 11.8 Å². The highest BCUT2D eigenvalue weighted by Gasteiger charge is 2.24. The number of thioether (sulfide) groups is 1. The number of nitrogen functional groups attached to an aromatic ring is 1. The zero-order chi connectivity index (χ0) is 12.4. The molecule has 2 N–H and O–H groups in total. The number of amides is 1. The van der Waals surface area contributed by atoms with Crippen molar-refractivity contribution < 1.29 is 4.79 Å². The van der Waals surface area contributed by atoms with E-state index in [4.69, 9.17) is 17.3 Å². The molecule has 0 saturated carbocycles. The summed E-state index contributed by atoms with van der Waals surface area (Å²) < 4.78 is 0. The van der Waals surface area contributed by atoms with E-state index in [1.807, 2.05) is 16.7 Å². The van der Waals surface area contributed by atoms with Crippen molar-refractivity contribution in [2.24, 2.45) is 0 Å². The van der Waals surface area contributed by atoms with Crippen LogP contribution in [0.1, 0.15) is 17.3 Å². The van der Waals surface area contributed by atoms with Gasteiger partial charge in [0.05, 0.1) is 10.6 Å². The van der Waals surface area contributed by atoms with Crippen LogP contribution in [0.5, 0.6) is 0 Å². The molecule has 2 heterocycles. The Morgan fingerprint density at radius 1 is 1.71 bits per heavy atom. The molecule has 92 valence electrons. The van der Waals surface area contributed by atoms with Crippen molar-refractivity contribution in [3.63, 3.8) is 0 Å². The Morgan fingerprint density at radius 2 is 2.47 bits per heavy atom. The van der Waals surface area contributed by atoms with Gasteiger partial charge in [-0.05, 0) is 13.0 Å². The molecule has 1 aliphatic heterocycles. The monoisotopic (exact) mass is 271 g/mol. The Kier molecular flexibility index (Phi) is 3.79. The minimum absolute atomic E-state index is 0.0211. The van der Waals surface area contributed by atoms with Crippen molar-refractivity contribution >= 4 is 35.1 Å². The second-order valence-electron chi connectivity index (χ2n) is 4.01. The van der Waals surface area contributed by atoms with E-state index >= 15 is 0 Å². The third-order valence-corrected chi connectivity index (χ3v) is 4.24. The Bertz CT molecular complexity index is 441. The Labute approximate surface area is 110 Å². The summed E-state index contributed by atoms with van der Waals surface area (Å²) in [4.78, 5) is 18.0. The number of halogens is 1. The lowest BCUT2D eigenvalue weighted by Gasteiger charge is -2.33. The molecule has 0 bridgehead atoms. The van der Waals surface area contributed by atoms with Gasteiger partial charge >= 0.3 is 0 Å². The largest absolute Gasteiger partial charge is 0.382 e. The van der Waals surface area contributed by atoms with Gasteiger partial charge in [0.1, 0.15) is 5.82 Å². The molecule has 0 aromatic carbocycles. The van der Waals surface area contributed by atoms with Crippen LogP contribution in [-0.2, 0) is 0 Å². The maximum Gasteiger partial charge on any atom is 0.255 e. The van der Waals surface area contributed by atoms with E-state index in [2.05, 4.69) is 11.9 Å². The molecule has 2 rings (SSSR count). The van der Waals surface area contributed by atoms with Crippen LogP contribution in [-0.4, -0.2) is 39.9 Å². The second kappa shape index (κ2) is 5.14. The van der Waals surface area contributed by atoms with Crippen molar-refractivity contribution in [1.29, 1.82) is 0 Å². The molecule has 1 aromatic rings. The highest BCUT2D eigenvalue weighted by Crippen LogP contribution is 2.21. The number of rotatable bonds is 1. The maximum atomic E-state index is 12.3. The topological polar surface area (TPSA) is 59.2 Å². The molecule has 1 amide bonds. The SMILES string of the molecule is CC1CSCCN1C(=O)c1cnc(N)c(Cl)c1. The highest BCUT2D eigenvalue weighted by atomic mass is 35.5. The molecule has 0 spiro atoms. The molecular formula is C11H14ClN3OS. The normalized spacial score (nSPS) is 20.4. The molecule has 1 fully saturated rings. The number of carbonyl (C=O) groups excluding carboxylic acids is 1. The quantitative estimate of drug-likeness (QED) is 0.847. The van der Waals surface area contributed by atoms with Crippen molar-refractivity contribution in [2.75, 3.05) is 23.8 Å². The summed E-state index contributed by atoms with van der Waals surface area (Å²) in [6.07, 6.45) is 1.48. The summed E-state index contributed by atoms with van der Waals surface area (Å²) in [5.41, 5.74) is 6.03. The van der Waals surface area contributed by atoms with E-state index in [0.29, 0.717) is 10.6 Å². The third-order valence-electron chi connectivity index (χ3n) is 2.75. The zero-order valence-electron chi connectivity index (χ0n) is 9.52. The van der Waals surface area contributed by atoms with Crippen LogP contribution in [0, 0.1) is 0 Å². The van der Waals surface area contributed by atoms with Crippen LogP contribution in [0.4, 0.5) is 5.82 Å². The highest BCUT2D eigenvalue weighted by molar-refractivity contribution is 7.99. The summed E-state index contributed by atoms with van der Waals surface area (Å²) in [5.74, 6) is 2.19. The van der Waals surface area contributed by atoms with Gasteiger partial charge in [-0.15, -0.1) is 0 Å². The smallest absolute Gasteiger partial charge is 0.255 e. The van der Waals surface area contributed by atoms with Gasteiger partial charge in [-0.3, -0.25) is 4.79 Å². The van der Waals surface area contributed by atoms with Crippen LogP contribution in [0.2, 0.25) is 5.02 Å². The number of aromatic nitrogens is 1. The van der Waals surface area contributed by atoms with Gasteiger partial charge in [0.15, 0.2) is 0 Å². The molecule has 4 nitrogen and oxygen atoms in total. The van der Waals surface area contributed by atoms with Crippen LogP contribution >= 0.6 is 23.4 Å². The van der Waals surface area contributed by atoms with Crippen molar-refractivity contribution in [3.8, 4) is 0 Å². The fraction of sp³-hybridized carbons (Fsp3) is 0.455. The molecule has 1 atom stereocenters. The van der Waals surface area contributed by atoms with E-state index in [1.54, 1.807) is 6.07 Å². The summed E-state index contributed by atoms with van der Waals surface area (Å²) in [6.45, 7) is 2.82. The Hall–Kier alpha value is -0.940. The predicted molar refractivity (Wildman–Crippen MR) is 71.5 cm³/mol. The average Bonchev–Trinajstić information content (AvgIpc) is 2.32. The van der Waals surface area contributed by atoms with Crippen LogP contribution in [0.3, 0.4) is 0 Å². The first-order valence-corrected chi connectivity index (χ1v) is 6.92. The van der Waals surface area contributed by atoms with Crippen molar-refractivity contribution in [3.05, 3.63) is 22.8 Å². The van der Waals surface area contributed by atoms with Crippen LogP contribution < -0.4 is 5.73 Å². The summed E-state index contributed by atoms with van der Waals surface area (Å²) in [6, 6.07) is 1.83. The molecule has 0 aliphatic carbocycles. The van der Waals surface area contributed by atoms with Crippen molar-refractivity contribution in [2.45, 2.75) is 13.0 Å². The van der Waals surface area contributed by atoms with E-state index in [-0.39, 0.29) is 17.8 Å². The van der Waals surface area contributed by atoms with E-state index in [0.717, 1.165) is 18.1 Å². The molecule has 6 heteroatoms. The fourth-order valence-corrected chi connectivity index (χ4v) is 2.94. The number of hydrogen-bond donors (Lipinski definition) is 1. The lowest BCUT2D eigenvalue weighted by molar-refractivity contribution is 0.0715. The summed E-state index contributed by atoms with van der Waals surface area (Å²) in [5, 5.41) is 0.329. The lowest BCUT2D eigenvalue weighted by Crippen LogP contribution is -2.44. The maximum absolute atomic E-state index is 12.3. The number of pyridine rings is 1. The molecule has 1 saturated heterocycles. The van der Waals surface area contributed by atoms with Gasteiger partial charge in [-0.25, -0.2) is 4.98 Å². The van der Waals surface area contributed by atoms with Gasteiger partial charge in [0.2, 0.25) is 0 Å². The molecule has 0 radical (unpaired) electrons. The number of hydrogen-bond acceptors (Lipinski definition) is 4. The van der Waals surface area contributed by atoms with Gasteiger partial charge in [0, 0.05) is 30.3 Å². The number of anilines is 1. The van der Waals surface area contributed by atoms with Gasteiger partial charge < -0.3 is 10.6 Å². The number of nitrogens with two attached hydrogens (primary N) is 1. The third kappa shape index (κ3) is 2.66. The first kappa shape index (κ1) is 12.5. The minimum atomic E-state index is -0.0211. The Morgan fingerprint density at radius 3 is 3.12 bits per heavy atom. The minimum Gasteiger partial charge on any atom is -0.382 e. The fourth-order valence-electron chi connectivity index (χ4n) is 1.76. The van der Waals surface area contributed by atoms with Crippen LogP contribution in [0.15, 0.2) is 12.3 Å². The van der Waals surface area contributed by atoms with E-state index in [9.17, 15) is 4.79 Å². The number of nitrogens with zero attached hydrogens (tertiary/aromatic N) is 2.